The first-order valence-electron chi connectivity index (χ1n) is 4.98. The molecule has 1 saturated heterocycles. The summed E-state index contributed by atoms with van der Waals surface area (Å²) in [4.78, 5) is 2.44. The van der Waals surface area contributed by atoms with E-state index in [1.54, 1.807) is 0 Å². The van der Waals surface area contributed by atoms with E-state index in [4.69, 9.17) is 0 Å². The van der Waals surface area contributed by atoms with Crippen molar-refractivity contribution in [3.8, 4) is 0 Å². The van der Waals surface area contributed by atoms with E-state index in [0.29, 0.717) is 0 Å². The minimum absolute atomic E-state index is 0.810. The largest absolute Gasteiger partial charge is 0.306 e. The summed E-state index contributed by atoms with van der Waals surface area (Å²) in [5.41, 5.74) is 0. The number of rotatable bonds is 3. The van der Waals surface area contributed by atoms with Crippen molar-refractivity contribution in [1.29, 1.82) is 0 Å². The molecule has 1 nitrogen and oxygen atoms in total. The molecule has 0 N–H and O–H groups in total. The molecule has 2 heteroatoms. The van der Waals surface area contributed by atoms with E-state index in [-0.39, 0.29) is 0 Å². The second-order valence-electron chi connectivity index (χ2n) is 4.13. The number of nitrogens with zero attached hydrogens (tertiary/aromatic N) is 1. The van der Waals surface area contributed by atoms with Crippen molar-refractivity contribution < 1.29 is 0 Å². The Morgan fingerprint density at radius 3 is 2.42 bits per heavy atom. The summed E-state index contributed by atoms with van der Waals surface area (Å²) in [6, 6.07) is 0. The molecule has 72 valence electrons. The third-order valence-electron chi connectivity index (χ3n) is 2.50. The Morgan fingerprint density at radius 2 is 1.92 bits per heavy atom. The lowest BCUT2D eigenvalue weighted by atomic mass is 10.00. The molecule has 1 aliphatic rings. The topological polar surface area (TPSA) is 3.24 Å². The van der Waals surface area contributed by atoms with Gasteiger partial charge in [0, 0.05) is 0 Å². The molecule has 0 aromatic carbocycles. The zero-order valence-corrected chi connectivity index (χ0v) is 9.36. The molecule has 12 heavy (non-hydrogen) atoms. The van der Waals surface area contributed by atoms with Crippen LogP contribution in [0.25, 0.3) is 0 Å². The van der Waals surface area contributed by atoms with Gasteiger partial charge in [-0.2, -0.15) is 11.8 Å². The molecular formula is C10H21NS. The Labute approximate surface area is 80.9 Å². The summed E-state index contributed by atoms with van der Waals surface area (Å²) in [6.07, 6.45) is 2.83. The highest BCUT2D eigenvalue weighted by molar-refractivity contribution is 7.99. The highest BCUT2D eigenvalue weighted by Gasteiger charge is 2.16. The van der Waals surface area contributed by atoms with Gasteiger partial charge in [-0.3, -0.25) is 0 Å². The Hall–Kier alpha value is 0.310. The van der Waals surface area contributed by atoms with Crippen LogP contribution in [0.4, 0.5) is 0 Å². The number of thioether (sulfide) groups is 1. The van der Waals surface area contributed by atoms with Crippen LogP contribution in [0.1, 0.15) is 26.7 Å². The molecule has 0 unspecified atom stereocenters. The van der Waals surface area contributed by atoms with Crippen LogP contribution in [0.15, 0.2) is 0 Å². The van der Waals surface area contributed by atoms with Crippen LogP contribution in [0.2, 0.25) is 0 Å². The lowest BCUT2D eigenvalue weighted by Crippen LogP contribution is -2.31. The fourth-order valence-electron chi connectivity index (χ4n) is 1.56. The van der Waals surface area contributed by atoms with Gasteiger partial charge in [0.2, 0.25) is 0 Å². The molecule has 1 fully saturated rings. The summed E-state index contributed by atoms with van der Waals surface area (Å²) in [5, 5.41) is 0.810. The Bertz CT molecular complexity index is 117. The first kappa shape index (κ1) is 10.4. The van der Waals surface area contributed by atoms with Crippen molar-refractivity contribution in [2.75, 3.05) is 25.9 Å². The first-order chi connectivity index (χ1) is 5.68. The van der Waals surface area contributed by atoms with Gasteiger partial charge in [-0.15, -0.1) is 0 Å². The second kappa shape index (κ2) is 5.13. The SMILES string of the molecule is CC(C)SCC1CCN(C)CC1. The van der Waals surface area contributed by atoms with Crippen molar-refractivity contribution in [2.45, 2.75) is 31.9 Å². The minimum Gasteiger partial charge on any atom is -0.306 e. The quantitative estimate of drug-likeness (QED) is 0.668. The molecule has 0 atom stereocenters. The highest BCUT2D eigenvalue weighted by atomic mass is 32.2. The average molecular weight is 187 g/mol. The number of hydrogen-bond donors (Lipinski definition) is 0. The Balaban J connectivity index is 2.09. The van der Waals surface area contributed by atoms with Crippen LogP contribution < -0.4 is 0 Å². The van der Waals surface area contributed by atoms with Crippen LogP contribution >= 0.6 is 11.8 Å². The molecule has 0 aliphatic carbocycles. The molecular weight excluding hydrogens is 166 g/mol. The zero-order chi connectivity index (χ0) is 8.97. The summed E-state index contributed by atoms with van der Waals surface area (Å²) in [5.74, 6) is 2.37. The maximum atomic E-state index is 2.44. The predicted octanol–water partition coefficient (Wildman–Crippen LogP) is 2.47. The monoisotopic (exact) mass is 187 g/mol. The minimum atomic E-state index is 0.810. The van der Waals surface area contributed by atoms with Gasteiger partial charge in [0.25, 0.3) is 0 Å². The van der Waals surface area contributed by atoms with E-state index < -0.39 is 0 Å². The zero-order valence-electron chi connectivity index (χ0n) is 8.55. The smallest absolute Gasteiger partial charge is 0.000958 e. The fraction of sp³-hybridized carbons (Fsp3) is 1.00. The fourth-order valence-corrected chi connectivity index (χ4v) is 2.55. The Kier molecular flexibility index (Phi) is 4.44. The molecule has 0 spiro atoms. The summed E-state index contributed by atoms with van der Waals surface area (Å²) in [7, 11) is 2.23. The Morgan fingerprint density at radius 1 is 1.33 bits per heavy atom. The number of likely N-dealkylation sites (tertiary alicyclic amines) is 1. The first-order valence-corrected chi connectivity index (χ1v) is 6.03. The van der Waals surface area contributed by atoms with Gasteiger partial charge in [-0.25, -0.2) is 0 Å². The lowest BCUT2D eigenvalue weighted by Gasteiger charge is -2.28. The van der Waals surface area contributed by atoms with Gasteiger partial charge in [-0.1, -0.05) is 13.8 Å². The van der Waals surface area contributed by atoms with Crippen molar-refractivity contribution in [3.05, 3.63) is 0 Å². The molecule has 0 saturated carbocycles. The molecule has 0 aromatic rings. The van der Waals surface area contributed by atoms with Crippen LogP contribution in [-0.2, 0) is 0 Å². The van der Waals surface area contributed by atoms with E-state index >= 15 is 0 Å². The maximum absolute atomic E-state index is 2.44. The summed E-state index contributed by atoms with van der Waals surface area (Å²) in [6.45, 7) is 7.20. The third kappa shape index (κ3) is 3.81. The molecule has 1 rings (SSSR count). The van der Waals surface area contributed by atoms with E-state index in [0.717, 1.165) is 11.2 Å². The maximum Gasteiger partial charge on any atom is -0.000958 e. The van der Waals surface area contributed by atoms with Crippen molar-refractivity contribution in [3.63, 3.8) is 0 Å². The van der Waals surface area contributed by atoms with Gasteiger partial charge in [0.1, 0.15) is 0 Å². The van der Waals surface area contributed by atoms with Crippen molar-refractivity contribution in [2.24, 2.45) is 5.92 Å². The molecule has 1 aliphatic heterocycles. The third-order valence-corrected chi connectivity index (χ3v) is 3.83. The van der Waals surface area contributed by atoms with E-state index in [1.165, 1.54) is 31.7 Å². The second-order valence-corrected chi connectivity index (χ2v) is 5.74. The predicted molar refractivity (Wildman–Crippen MR) is 57.8 cm³/mol. The van der Waals surface area contributed by atoms with Gasteiger partial charge in [0.15, 0.2) is 0 Å². The molecule has 0 bridgehead atoms. The van der Waals surface area contributed by atoms with Gasteiger partial charge >= 0.3 is 0 Å². The van der Waals surface area contributed by atoms with Gasteiger partial charge in [-0.05, 0) is 49.9 Å². The van der Waals surface area contributed by atoms with E-state index in [2.05, 4.69) is 37.6 Å². The lowest BCUT2D eigenvalue weighted by molar-refractivity contribution is 0.232. The summed E-state index contributed by atoms with van der Waals surface area (Å²) < 4.78 is 0. The van der Waals surface area contributed by atoms with Gasteiger partial charge in [0.05, 0.1) is 0 Å². The van der Waals surface area contributed by atoms with Crippen LogP contribution in [-0.4, -0.2) is 36.0 Å². The van der Waals surface area contributed by atoms with Gasteiger partial charge < -0.3 is 4.90 Å². The molecule has 1 heterocycles. The van der Waals surface area contributed by atoms with E-state index in [1.807, 2.05) is 0 Å². The van der Waals surface area contributed by atoms with E-state index in [9.17, 15) is 0 Å². The average Bonchev–Trinajstić information content (AvgIpc) is 2.03. The summed E-state index contributed by atoms with van der Waals surface area (Å²) >= 11 is 2.12. The van der Waals surface area contributed by atoms with Crippen LogP contribution in [0, 0.1) is 5.92 Å². The molecule has 0 aromatic heterocycles. The molecule has 0 amide bonds. The highest BCUT2D eigenvalue weighted by Crippen LogP contribution is 2.22. The number of piperidine rings is 1. The van der Waals surface area contributed by atoms with Crippen LogP contribution in [0.3, 0.4) is 0 Å². The standard InChI is InChI=1S/C10H21NS/c1-9(2)12-8-10-4-6-11(3)7-5-10/h9-10H,4-8H2,1-3H3. The van der Waals surface area contributed by atoms with Crippen molar-refractivity contribution in [1.82, 2.24) is 4.90 Å². The normalized spacial score (nSPS) is 22.0. The van der Waals surface area contributed by atoms with Crippen LogP contribution in [0.5, 0.6) is 0 Å². The van der Waals surface area contributed by atoms with Crippen molar-refractivity contribution >= 4 is 11.8 Å². The number of hydrogen-bond acceptors (Lipinski definition) is 2. The molecule has 0 radical (unpaired) electrons.